The van der Waals surface area contributed by atoms with E-state index in [0.29, 0.717) is 32.5 Å². The van der Waals surface area contributed by atoms with Crippen molar-refractivity contribution in [3.8, 4) is 0 Å². The zero-order chi connectivity index (χ0) is 14.1. The van der Waals surface area contributed by atoms with E-state index in [0.717, 1.165) is 6.42 Å². The average molecular weight is 271 g/mol. The van der Waals surface area contributed by atoms with Crippen LogP contribution in [-0.2, 0) is 4.79 Å². The number of hydrogen-bond acceptors (Lipinski definition) is 6. The molecular weight excluding hydrogens is 249 g/mol. The molecule has 0 bridgehead atoms. The summed E-state index contributed by atoms with van der Waals surface area (Å²) < 4.78 is 0. The number of carboxylic acids is 1. The number of carbonyl (C=O) groups is 1. The first-order chi connectivity index (χ1) is 8.98. The Labute approximate surface area is 112 Å². The first-order valence-corrected chi connectivity index (χ1v) is 6.76. The Bertz CT molecular complexity index is 357. The molecule has 7 nitrogen and oxygen atoms in total. The van der Waals surface area contributed by atoms with Crippen molar-refractivity contribution in [2.24, 2.45) is 11.1 Å². The predicted molar refractivity (Wildman–Crippen MR) is 70.5 cm³/mol. The number of carboxylic acid groups (broad SMARTS) is 1. The van der Waals surface area contributed by atoms with Gasteiger partial charge >= 0.3 is 13.1 Å². The lowest BCUT2D eigenvalue weighted by atomic mass is 9.64. The standard InChI is InChI=1S/C11H22BN3O4/c13-6-8-10(2-1-4-12(18)19)3-5-15-11(10,7-14-8)9(16)17/h8,14-15,18-19H,1-7,13H2,(H,16,17). The number of hydrogen-bond donors (Lipinski definition) is 6. The predicted octanol–water partition coefficient (Wildman–Crippen LogP) is -2.03. The largest absolute Gasteiger partial charge is 0.480 e. The molecule has 0 aliphatic carbocycles. The Kier molecular flexibility index (Phi) is 4.17. The molecule has 108 valence electrons. The summed E-state index contributed by atoms with van der Waals surface area (Å²) in [5, 5.41) is 33.9. The zero-order valence-corrected chi connectivity index (χ0v) is 10.9. The molecule has 2 fully saturated rings. The van der Waals surface area contributed by atoms with E-state index in [1.165, 1.54) is 0 Å². The highest BCUT2D eigenvalue weighted by Crippen LogP contribution is 2.50. The van der Waals surface area contributed by atoms with Gasteiger partial charge in [0, 0.05) is 24.5 Å². The minimum Gasteiger partial charge on any atom is -0.480 e. The van der Waals surface area contributed by atoms with Crippen molar-refractivity contribution in [3.63, 3.8) is 0 Å². The normalized spacial score (nSPS) is 37.3. The van der Waals surface area contributed by atoms with Crippen molar-refractivity contribution in [1.82, 2.24) is 10.6 Å². The smallest absolute Gasteiger partial charge is 0.451 e. The van der Waals surface area contributed by atoms with Crippen LogP contribution in [0.3, 0.4) is 0 Å². The molecule has 0 aromatic heterocycles. The van der Waals surface area contributed by atoms with Gasteiger partial charge in [0.2, 0.25) is 0 Å². The topological polar surface area (TPSA) is 128 Å². The maximum Gasteiger partial charge on any atom is 0.451 e. The van der Waals surface area contributed by atoms with Crippen LogP contribution in [0.1, 0.15) is 19.3 Å². The van der Waals surface area contributed by atoms with Crippen LogP contribution >= 0.6 is 0 Å². The summed E-state index contributed by atoms with van der Waals surface area (Å²) in [7, 11) is -1.34. The van der Waals surface area contributed by atoms with Crippen molar-refractivity contribution in [2.45, 2.75) is 37.2 Å². The van der Waals surface area contributed by atoms with Crippen molar-refractivity contribution in [1.29, 1.82) is 0 Å². The van der Waals surface area contributed by atoms with Gasteiger partial charge in [-0.1, -0.05) is 6.42 Å². The Hall–Kier alpha value is -0.665. The molecule has 0 spiro atoms. The molecule has 8 heteroatoms. The molecule has 0 saturated carbocycles. The third-order valence-corrected chi connectivity index (χ3v) is 4.81. The molecule has 3 atom stereocenters. The van der Waals surface area contributed by atoms with E-state index >= 15 is 0 Å². The molecule has 2 aliphatic rings. The fourth-order valence-corrected chi connectivity index (χ4v) is 3.86. The molecule has 7 N–H and O–H groups in total. The zero-order valence-electron chi connectivity index (χ0n) is 10.9. The SMILES string of the molecule is NCC1NCC2(C(=O)O)NCCC12CCCB(O)O. The fraction of sp³-hybridized carbons (Fsp3) is 0.909. The molecule has 2 saturated heterocycles. The highest BCUT2D eigenvalue weighted by atomic mass is 16.4. The van der Waals surface area contributed by atoms with Gasteiger partial charge in [-0.15, -0.1) is 0 Å². The van der Waals surface area contributed by atoms with Crippen LogP contribution in [0.15, 0.2) is 0 Å². The lowest BCUT2D eigenvalue weighted by Crippen LogP contribution is -2.59. The van der Waals surface area contributed by atoms with Crippen LogP contribution in [-0.4, -0.2) is 59.5 Å². The van der Waals surface area contributed by atoms with Crippen LogP contribution in [0.5, 0.6) is 0 Å². The van der Waals surface area contributed by atoms with E-state index in [4.69, 9.17) is 15.8 Å². The highest BCUT2D eigenvalue weighted by molar-refractivity contribution is 6.40. The summed E-state index contributed by atoms with van der Waals surface area (Å²) in [6, 6.07) is -0.0468. The average Bonchev–Trinajstić information content (AvgIpc) is 2.82. The van der Waals surface area contributed by atoms with Crippen molar-refractivity contribution >= 4 is 13.1 Å². The quantitative estimate of drug-likeness (QED) is 0.307. The molecule has 19 heavy (non-hydrogen) atoms. The van der Waals surface area contributed by atoms with E-state index < -0.39 is 24.0 Å². The van der Waals surface area contributed by atoms with Crippen LogP contribution < -0.4 is 16.4 Å². The number of nitrogens with two attached hydrogens (primary N) is 1. The Balaban J connectivity index is 2.21. The molecule has 0 radical (unpaired) electrons. The molecule has 2 aliphatic heterocycles. The maximum absolute atomic E-state index is 11.7. The third-order valence-electron chi connectivity index (χ3n) is 4.81. The first kappa shape index (κ1) is 14.7. The van der Waals surface area contributed by atoms with Gasteiger partial charge in [0.05, 0.1) is 0 Å². The second-order valence-electron chi connectivity index (χ2n) is 5.59. The van der Waals surface area contributed by atoms with Crippen molar-refractivity contribution in [3.05, 3.63) is 0 Å². The maximum atomic E-state index is 11.7. The van der Waals surface area contributed by atoms with E-state index in [1.54, 1.807) is 0 Å². The second-order valence-corrected chi connectivity index (χ2v) is 5.59. The molecule has 0 amide bonds. The first-order valence-electron chi connectivity index (χ1n) is 6.76. The number of aliphatic carboxylic acids is 1. The summed E-state index contributed by atoms with van der Waals surface area (Å²) in [4.78, 5) is 11.7. The fourth-order valence-electron chi connectivity index (χ4n) is 3.86. The van der Waals surface area contributed by atoms with Gasteiger partial charge in [0.15, 0.2) is 0 Å². The molecular formula is C11H22BN3O4. The summed E-state index contributed by atoms with van der Waals surface area (Å²) >= 11 is 0. The Morgan fingerprint density at radius 1 is 1.47 bits per heavy atom. The number of fused-ring (bicyclic) bond motifs is 1. The molecule has 3 unspecified atom stereocenters. The van der Waals surface area contributed by atoms with Crippen molar-refractivity contribution in [2.75, 3.05) is 19.6 Å². The Morgan fingerprint density at radius 3 is 2.79 bits per heavy atom. The third kappa shape index (κ3) is 2.17. The van der Waals surface area contributed by atoms with Crippen LogP contribution in [0.4, 0.5) is 0 Å². The van der Waals surface area contributed by atoms with E-state index in [2.05, 4.69) is 10.6 Å². The number of nitrogens with one attached hydrogen (secondary N) is 2. The van der Waals surface area contributed by atoms with E-state index in [9.17, 15) is 9.90 Å². The van der Waals surface area contributed by atoms with E-state index in [1.807, 2.05) is 0 Å². The van der Waals surface area contributed by atoms with Crippen LogP contribution in [0, 0.1) is 5.41 Å². The minimum atomic E-state index is -1.34. The van der Waals surface area contributed by atoms with Crippen molar-refractivity contribution < 1.29 is 19.9 Å². The van der Waals surface area contributed by atoms with Gasteiger partial charge in [-0.2, -0.15) is 0 Å². The van der Waals surface area contributed by atoms with Crippen LogP contribution in [0.25, 0.3) is 0 Å². The van der Waals surface area contributed by atoms with Gasteiger partial charge in [-0.25, -0.2) is 0 Å². The molecule has 2 rings (SSSR count). The van der Waals surface area contributed by atoms with Crippen LogP contribution in [0.2, 0.25) is 6.32 Å². The molecule has 0 aromatic carbocycles. The highest BCUT2D eigenvalue weighted by Gasteiger charge is 2.66. The van der Waals surface area contributed by atoms with Gasteiger partial charge in [0.1, 0.15) is 5.54 Å². The van der Waals surface area contributed by atoms with Gasteiger partial charge in [0.25, 0.3) is 0 Å². The molecule has 2 heterocycles. The van der Waals surface area contributed by atoms with E-state index in [-0.39, 0.29) is 12.4 Å². The minimum absolute atomic E-state index is 0.0468. The van der Waals surface area contributed by atoms with Gasteiger partial charge < -0.3 is 31.5 Å². The summed E-state index contributed by atoms with van der Waals surface area (Å²) in [6.07, 6.45) is 2.20. The molecule has 0 aromatic rings. The second kappa shape index (κ2) is 5.38. The number of rotatable bonds is 6. The Morgan fingerprint density at radius 2 is 2.21 bits per heavy atom. The lowest BCUT2D eigenvalue weighted by Gasteiger charge is -2.39. The summed E-state index contributed by atoms with van der Waals surface area (Å²) in [6.45, 7) is 1.41. The van der Waals surface area contributed by atoms with Gasteiger partial charge in [-0.3, -0.25) is 4.79 Å². The van der Waals surface area contributed by atoms with Gasteiger partial charge in [-0.05, 0) is 25.7 Å². The monoisotopic (exact) mass is 271 g/mol. The summed E-state index contributed by atoms with van der Waals surface area (Å²) in [5.74, 6) is -0.849. The lowest BCUT2D eigenvalue weighted by molar-refractivity contribution is -0.147. The summed E-state index contributed by atoms with van der Waals surface area (Å²) in [5.41, 5.74) is 4.37.